The van der Waals surface area contributed by atoms with E-state index in [2.05, 4.69) is 29.0 Å². The Morgan fingerprint density at radius 2 is 1.97 bits per heavy atom. The second-order valence-electron chi connectivity index (χ2n) is 7.76. The van der Waals surface area contributed by atoms with Gasteiger partial charge in [0.05, 0.1) is 17.3 Å². The molecule has 2 atom stereocenters. The van der Waals surface area contributed by atoms with Gasteiger partial charge in [0.25, 0.3) is 0 Å². The van der Waals surface area contributed by atoms with Crippen LogP contribution >= 0.6 is 12.2 Å². The molecule has 0 aliphatic carbocycles. The van der Waals surface area contributed by atoms with Gasteiger partial charge in [-0.2, -0.15) is 0 Å². The van der Waals surface area contributed by atoms with Crippen molar-refractivity contribution in [2.45, 2.75) is 25.9 Å². The number of carbonyl (C=O) groups is 1. The molecule has 154 valence electrons. The largest absolute Gasteiger partial charge is 0.478 e. The Kier molecular flexibility index (Phi) is 5.55. The molecule has 1 fully saturated rings. The van der Waals surface area contributed by atoms with Gasteiger partial charge in [-0.25, -0.2) is 4.79 Å². The van der Waals surface area contributed by atoms with Crippen molar-refractivity contribution < 1.29 is 14.3 Å². The van der Waals surface area contributed by atoms with Crippen LogP contribution in [-0.4, -0.2) is 32.6 Å². The maximum atomic E-state index is 11.1. The summed E-state index contributed by atoms with van der Waals surface area (Å²) in [5.41, 5.74) is 1.97. The number of nitrogens with one attached hydrogen (secondary N) is 1. The normalized spacial score (nSPS) is 18.6. The number of hydrogen-bond donors (Lipinski definition) is 2. The van der Waals surface area contributed by atoms with E-state index >= 15 is 0 Å². The van der Waals surface area contributed by atoms with Crippen LogP contribution in [0.4, 0.5) is 0 Å². The molecule has 2 aromatic heterocycles. The molecule has 0 bridgehead atoms. The third-order valence-corrected chi connectivity index (χ3v) is 5.45. The number of aromatic nitrogens is 1. The van der Waals surface area contributed by atoms with Crippen LogP contribution in [0.25, 0.3) is 11.3 Å². The van der Waals surface area contributed by atoms with Gasteiger partial charge in [0.1, 0.15) is 17.6 Å². The highest BCUT2D eigenvalue weighted by Crippen LogP contribution is 2.40. The standard InChI is InChI=1S/C23H23N3O3S/c1-14(2)13-26-21(20(25-23(26)30)17-5-3-4-12-24-17)19-11-10-18(29-19)15-6-8-16(9-7-15)22(27)28/h3-12,14,20-21H,13H2,1-2H3,(H,25,30)(H,27,28). The molecule has 0 amide bonds. The van der Waals surface area contributed by atoms with Gasteiger partial charge in [0.15, 0.2) is 5.11 Å². The molecule has 6 nitrogen and oxygen atoms in total. The number of benzene rings is 1. The first-order valence-electron chi connectivity index (χ1n) is 9.85. The first kappa shape index (κ1) is 20.1. The van der Waals surface area contributed by atoms with Crippen molar-refractivity contribution in [2.24, 2.45) is 5.92 Å². The summed E-state index contributed by atoms with van der Waals surface area (Å²) in [4.78, 5) is 17.8. The molecular formula is C23H23N3O3S. The summed E-state index contributed by atoms with van der Waals surface area (Å²) in [5, 5.41) is 13.2. The van der Waals surface area contributed by atoms with Crippen molar-refractivity contribution in [3.05, 3.63) is 77.8 Å². The lowest BCUT2D eigenvalue weighted by Gasteiger charge is -2.27. The van der Waals surface area contributed by atoms with Crippen molar-refractivity contribution in [3.63, 3.8) is 0 Å². The van der Waals surface area contributed by atoms with Crippen LogP contribution in [0, 0.1) is 5.92 Å². The van der Waals surface area contributed by atoms with E-state index in [1.165, 1.54) is 0 Å². The molecule has 2 N–H and O–H groups in total. The minimum absolute atomic E-state index is 0.120. The van der Waals surface area contributed by atoms with Crippen LogP contribution in [0.1, 0.15) is 47.7 Å². The van der Waals surface area contributed by atoms with Crippen LogP contribution in [-0.2, 0) is 0 Å². The monoisotopic (exact) mass is 421 g/mol. The van der Waals surface area contributed by atoms with E-state index in [4.69, 9.17) is 21.7 Å². The lowest BCUT2D eigenvalue weighted by Crippen LogP contribution is -2.32. The molecule has 0 radical (unpaired) electrons. The molecule has 1 aliphatic rings. The molecule has 1 saturated heterocycles. The summed E-state index contributed by atoms with van der Waals surface area (Å²) in [6.07, 6.45) is 1.78. The molecule has 4 rings (SSSR count). The number of carboxylic acids is 1. The van der Waals surface area contributed by atoms with E-state index in [1.54, 1.807) is 30.5 Å². The van der Waals surface area contributed by atoms with Crippen molar-refractivity contribution >= 4 is 23.3 Å². The third kappa shape index (κ3) is 3.93. The first-order chi connectivity index (χ1) is 14.4. The molecule has 3 heterocycles. The minimum Gasteiger partial charge on any atom is -0.478 e. The zero-order valence-corrected chi connectivity index (χ0v) is 17.6. The van der Waals surface area contributed by atoms with Crippen LogP contribution in [0.15, 0.2) is 65.2 Å². The topological polar surface area (TPSA) is 78.6 Å². The number of aromatic carboxylic acids is 1. The van der Waals surface area contributed by atoms with E-state index in [9.17, 15) is 4.79 Å². The summed E-state index contributed by atoms with van der Waals surface area (Å²) in [6.45, 7) is 5.11. The fourth-order valence-electron chi connectivity index (χ4n) is 3.75. The third-order valence-electron chi connectivity index (χ3n) is 5.09. The predicted molar refractivity (Wildman–Crippen MR) is 118 cm³/mol. The summed E-state index contributed by atoms with van der Waals surface area (Å²) in [5.74, 6) is 0.947. The molecular weight excluding hydrogens is 398 g/mol. The zero-order chi connectivity index (χ0) is 21.3. The van der Waals surface area contributed by atoms with Gasteiger partial charge in [-0.3, -0.25) is 4.98 Å². The average Bonchev–Trinajstić information content (AvgIpc) is 3.33. The zero-order valence-electron chi connectivity index (χ0n) is 16.8. The average molecular weight is 422 g/mol. The number of furan rings is 1. The van der Waals surface area contributed by atoms with Crippen LogP contribution in [0.2, 0.25) is 0 Å². The SMILES string of the molecule is CC(C)CN1C(=S)NC(c2ccccn2)C1c1ccc(-c2ccc(C(=O)O)cc2)o1. The van der Waals surface area contributed by atoms with E-state index in [1.807, 2.05) is 30.3 Å². The van der Waals surface area contributed by atoms with Gasteiger partial charge in [0, 0.05) is 18.3 Å². The lowest BCUT2D eigenvalue weighted by molar-refractivity contribution is 0.0697. The van der Waals surface area contributed by atoms with Crippen molar-refractivity contribution in [1.29, 1.82) is 0 Å². The Hall–Kier alpha value is -3.19. The lowest BCUT2D eigenvalue weighted by atomic mass is 10.0. The van der Waals surface area contributed by atoms with E-state index < -0.39 is 5.97 Å². The predicted octanol–water partition coefficient (Wildman–Crippen LogP) is 4.67. The highest BCUT2D eigenvalue weighted by Gasteiger charge is 2.41. The fourth-order valence-corrected chi connectivity index (χ4v) is 4.06. The number of rotatable bonds is 6. The van der Waals surface area contributed by atoms with Gasteiger partial charge in [-0.05, 0) is 54.5 Å². The second-order valence-corrected chi connectivity index (χ2v) is 8.14. The van der Waals surface area contributed by atoms with Crippen molar-refractivity contribution in [3.8, 4) is 11.3 Å². The van der Waals surface area contributed by atoms with Gasteiger partial charge >= 0.3 is 5.97 Å². The van der Waals surface area contributed by atoms with Gasteiger partial charge in [0.2, 0.25) is 0 Å². The van der Waals surface area contributed by atoms with E-state index in [-0.39, 0.29) is 17.6 Å². The van der Waals surface area contributed by atoms with Crippen LogP contribution < -0.4 is 5.32 Å². The Balaban J connectivity index is 1.69. The minimum atomic E-state index is -0.949. The highest BCUT2D eigenvalue weighted by molar-refractivity contribution is 7.80. The van der Waals surface area contributed by atoms with E-state index in [0.29, 0.717) is 16.8 Å². The maximum absolute atomic E-state index is 11.1. The smallest absolute Gasteiger partial charge is 0.335 e. The van der Waals surface area contributed by atoms with Crippen molar-refractivity contribution in [1.82, 2.24) is 15.2 Å². The summed E-state index contributed by atoms with van der Waals surface area (Å²) in [7, 11) is 0. The molecule has 0 spiro atoms. The summed E-state index contributed by atoms with van der Waals surface area (Å²) >= 11 is 5.64. The van der Waals surface area contributed by atoms with Gasteiger partial charge in [-0.15, -0.1) is 0 Å². The summed E-state index contributed by atoms with van der Waals surface area (Å²) in [6, 6.07) is 16.1. The Labute approximate surface area is 180 Å². The summed E-state index contributed by atoms with van der Waals surface area (Å²) < 4.78 is 6.25. The Morgan fingerprint density at radius 3 is 2.60 bits per heavy atom. The maximum Gasteiger partial charge on any atom is 0.335 e. The highest BCUT2D eigenvalue weighted by atomic mass is 32.1. The van der Waals surface area contributed by atoms with Crippen molar-refractivity contribution in [2.75, 3.05) is 6.54 Å². The van der Waals surface area contributed by atoms with Crippen LogP contribution in [0.3, 0.4) is 0 Å². The van der Waals surface area contributed by atoms with E-state index in [0.717, 1.165) is 23.6 Å². The quantitative estimate of drug-likeness (QED) is 0.560. The molecule has 1 aliphatic heterocycles. The molecule has 30 heavy (non-hydrogen) atoms. The fraction of sp³-hybridized carbons (Fsp3) is 0.261. The number of pyridine rings is 1. The molecule has 1 aromatic carbocycles. The van der Waals surface area contributed by atoms with Gasteiger partial charge in [-0.1, -0.05) is 32.0 Å². The Morgan fingerprint density at radius 1 is 1.20 bits per heavy atom. The number of thiocarbonyl (C=S) groups is 1. The van der Waals surface area contributed by atoms with Gasteiger partial charge < -0.3 is 19.7 Å². The molecule has 7 heteroatoms. The first-order valence-corrected chi connectivity index (χ1v) is 10.3. The number of nitrogens with zero attached hydrogens (tertiary/aromatic N) is 2. The van der Waals surface area contributed by atoms with Crippen LogP contribution in [0.5, 0.6) is 0 Å². The molecule has 3 aromatic rings. The molecule has 2 unspecified atom stereocenters. The number of carboxylic acid groups (broad SMARTS) is 1. The Bertz CT molecular complexity index is 1050. The second kappa shape index (κ2) is 8.28. The number of hydrogen-bond acceptors (Lipinski definition) is 4. The molecule has 0 saturated carbocycles.